The highest BCUT2D eigenvalue weighted by Crippen LogP contribution is 2.30. The van der Waals surface area contributed by atoms with Crippen molar-refractivity contribution in [3.63, 3.8) is 0 Å². The van der Waals surface area contributed by atoms with Crippen molar-refractivity contribution in [2.75, 3.05) is 12.3 Å². The largest absolute Gasteiger partial charge is 0.386 e. The van der Waals surface area contributed by atoms with E-state index in [1.54, 1.807) is 11.3 Å². The molecule has 0 aromatic carbocycles. The second-order valence-electron chi connectivity index (χ2n) is 4.47. The predicted octanol–water partition coefficient (Wildman–Crippen LogP) is 3.05. The van der Waals surface area contributed by atoms with Crippen LogP contribution in [0.3, 0.4) is 0 Å². The third kappa shape index (κ3) is 3.71. The number of hydrogen-bond acceptors (Lipinski definition) is 4. The first-order chi connectivity index (χ1) is 8.31. The van der Waals surface area contributed by atoms with Gasteiger partial charge in [0.2, 0.25) is 0 Å². The van der Waals surface area contributed by atoms with Crippen molar-refractivity contribution in [3.05, 3.63) is 22.4 Å². The summed E-state index contributed by atoms with van der Waals surface area (Å²) in [6.45, 7) is 2.91. The summed E-state index contributed by atoms with van der Waals surface area (Å²) in [4.78, 5) is 1.06. The van der Waals surface area contributed by atoms with Gasteiger partial charge in [0.05, 0.1) is 0 Å². The Morgan fingerprint density at radius 2 is 2.47 bits per heavy atom. The highest BCUT2D eigenvalue weighted by Gasteiger charge is 2.27. The maximum Gasteiger partial charge on any atom is 0.101 e. The first-order valence-electron chi connectivity index (χ1n) is 6.37. The molecule has 0 amide bonds. The van der Waals surface area contributed by atoms with Crippen LogP contribution in [0.1, 0.15) is 37.2 Å². The number of hydrogen-bond donors (Lipinski definition) is 2. The Morgan fingerprint density at radius 3 is 3.18 bits per heavy atom. The zero-order chi connectivity index (χ0) is 12.1. The molecule has 1 saturated carbocycles. The topological polar surface area (TPSA) is 32.3 Å². The van der Waals surface area contributed by atoms with Gasteiger partial charge >= 0.3 is 0 Å². The van der Waals surface area contributed by atoms with E-state index in [1.807, 2.05) is 17.5 Å². The average Bonchev–Trinajstić information content (AvgIpc) is 2.97. The quantitative estimate of drug-likeness (QED) is 0.834. The van der Waals surface area contributed by atoms with Gasteiger partial charge in [-0.05, 0) is 30.0 Å². The predicted molar refractivity (Wildman–Crippen MR) is 76.8 cm³/mol. The fourth-order valence-electron chi connectivity index (χ4n) is 2.42. The highest BCUT2D eigenvalue weighted by molar-refractivity contribution is 7.99. The normalized spacial score (nSPS) is 26.2. The second-order valence-corrected chi connectivity index (χ2v) is 6.97. The smallest absolute Gasteiger partial charge is 0.101 e. The lowest BCUT2D eigenvalue weighted by Gasteiger charge is -2.21. The van der Waals surface area contributed by atoms with Crippen LogP contribution in [-0.4, -0.2) is 28.7 Å². The molecule has 0 aliphatic heterocycles. The van der Waals surface area contributed by atoms with E-state index in [1.165, 1.54) is 25.0 Å². The summed E-state index contributed by atoms with van der Waals surface area (Å²) in [5.74, 6) is 1.19. The molecule has 1 aromatic rings. The second kappa shape index (κ2) is 6.78. The van der Waals surface area contributed by atoms with Gasteiger partial charge in [-0.15, -0.1) is 11.3 Å². The van der Waals surface area contributed by atoms with Crippen LogP contribution in [0.2, 0.25) is 0 Å². The zero-order valence-corrected chi connectivity index (χ0v) is 11.9. The monoisotopic (exact) mass is 271 g/mol. The van der Waals surface area contributed by atoms with E-state index in [0.29, 0.717) is 12.6 Å². The molecule has 0 saturated heterocycles. The molecule has 17 heavy (non-hydrogen) atoms. The molecular weight excluding hydrogens is 250 g/mol. The first-order valence-corrected chi connectivity index (χ1v) is 8.30. The SMILES string of the molecule is CCSC1CCCC1NCC(O)c1cccs1. The molecule has 1 aliphatic carbocycles. The first kappa shape index (κ1) is 13.4. The maximum absolute atomic E-state index is 10.0. The molecule has 0 bridgehead atoms. The van der Waals surface area contributed by atoms with Gasteiger partial charge in [-0.25, -0.2) is 0 Å². The molecule has 2 rings (SSSR count). The van der Waals surface area contributed by atoms with E-state index in [4.69, 9.17) is 0 Å². The van der Waals surface area contributed by atoms with Gasteiger partial charge in [0.25, 0.3) is 0 Å². The van der Waals surface area contributed by atoms with Gasteiger partial charge in [-0.3, -0.25) is 0 Å². The fourth-order valence-corrected chi connectivity index (χ4v) is 4.36. The van der Waals surface area contributed by atoms with E-state index in [9.17, 15) is 5.11 Å². The van der Waals surface area contributed by atoms with Crippen LogP contribution in [0.5, 0.6) is 0 Å². The van der Waals surface area contributed by atoms with Crippen LogP contribution < -0.4 is 5.32 Å². The van der Waals surface area contributed by atoms with Crippen molar-refractivity contribution in [1.82, 2.24) is 5.32 Å². The Morgan fingerprint density at radius 1 is 1.59 bits per heavy atom. The Hall–Kier alpha value is -0.0300. The fraction of sp³-hybridized carbons (Fsp3) is 0.692. The summed E-state index contributed by atoms with van der Waals surface area (Å²) in [6.07, 6.45) is 3.56. The third-order valence-corrected chi connectivity index (χ3v) is 5.58. The minimum atomic E-state index is -0.345. The van der Waals surface area contributed by atoms with Crippen molar-refractivity contribution in [2.24, 2.45) is 0 Å². The molecule has 2 N–H and O–H groups in total. The number of thioether (sulfide) groups is 1. The Balaban J connectivity index is 1.77. The summed E-state index contributed by atoms with van der Waals surface area (Å²) in [7, 11) is 0. The van der Waals surface area contributed by atoms with Gasteiger partial charge in [-0.1, -0.05) is 19.4 Å². The summed E-state index contributed by atoms with van der Waals surface area (Å²) in [5.41, 5.74) is 0. The Labute approximate surface area is 112 Å². The molecule has 3 unspecified atom stereocenters. The van der Waals surface area contributed by atoms with E-state index >= 15 is 0 Å². The third-order valence-electron chi connectivity index (χ3n) is 3.28. The molecule has 3 atom stereocenters. The summed E-state index contributed by atoms with van der Waals surface area (Å²) < 4.78 is 0. The molecule has 96 valence electrons. The lowest BCUT2D eigenvalue weighted by atomic mass is 10.2. The van der Waals surface area contributed by atoms with Crippen LogP contribution >= 0.6 is 23.1 Å². The van der Waals surface area contributed by atoms with Gasteiger partial charge in [-0.2, -0.15) is 11.8 Å². The summed E-state index contributed by atoms with van der Waals surface area (Å²) in [6, 6.07) is 4.59. The summed E-state index contributed by atoms with van der Waals surface area (Å²) >= 11 is 3.68. The standard InChI is InChI=1S/C13H21NOS2/c1-2-16-12-6-3-5-10(12)14-9-11(15)13-7-4-8-17-13/h4,7-8,10-12,14-15H,2-3,5-6,9H2,1H3. The van der Waals surface area contributed by atoms with Gasteiger partial charge in [0.1, 0.15) is 6.10 Å². The zero-order valence-electron chi connectivity index (χ0n) is 10.3. The number of thiophene rings is 1. The van der Waals surface area contributed by atoms with Gasteiger partial charge in [0.15, 0.2) is 0 Å². The molecule has 0 radical (unpaired) electrons. The van der Waals surface area contributed by atoms with Crippen LogP contribution in [-0.2, 0) is 0 Å². The van der Waals surface area contributed by atoms with Crippen molar-refractivity contribution in [3.8, 4) is 0 Å². The van der Waals surface area contributed by atoms with Gasteiger partial charge < -0.3 is 10.4 Å². The molecule has 1 aromatic heterocycles. The molecule has 4 heteroatoms. The minimum absolute atomic E-state index is 0.345. The van der Waals surface area contributed by atoms with E-state index in [2.05, 4.69) is 24.0 Å². The van der Waals surface area contributed by atoms with Crippen molar-refractivity contribution < 1.29 is 5.11 Å². The number of aliphatic hydroxyl groups is 1. The average molecular weight is 271 g/mol. The molecule has 2 nitrogen and oxygen atoms in total. The summed E-state index contributed by atoms with van der Waals surface area (Å²) in [5, 5.41) is 16.3. The number of aliphatic hydroxyl groups excluding tert-OH is 1. The molecule has 1 aliphatic rings. The van der Waals surface area contributed by atoms with E-state index in [-0.39, 0.29) is 6.10 Å². The van der Waals surface area contributed by atoms with Gasteiger partial charge in [0, 0.05) is 22.7 Å². The number of rotatable bonds is 6. The van der Waals surface area contributed by atoms with Crippen molar-refractivity contribution >= 4 is 23.1 Å². The van der Waals surface area contributed by atoms with Crippen molar-refractivity contribution in [1.29, 1.82) is 0 Å². The maximum atomic E-state index is 10.0. The van der Waals surface area contributed by atoms with Crippen LogP contribution in [0.25, 0.3) is 0 Å². The Bertz CT molecular complexity index is 315. The van der Waals surface area contributed by atoms with Crippen LogP contribution in [0.4, 0.5) is 0 Å². The highest BCUT2D eigenvalue weighted by atomic mass is 32.2. The van der Waals surface area contributed by atoms with Crippen LogP contribution in [0.15, 0.2) is 17.5 Å². The Kier molecular flexibility index (Phi) is 5.35. The minimum Gasteiger partial charge on any atom is -0.386 e. The molecule has 0 spiro atoms. The molecule has 1 fully saturated rings. The molecular formula is C13H21NOS2. The van der Waals surface area contributed by atoms with Crippen LogP contribution in [0, 0.1) is 0 Å². The van der Waals surface area contributed by atoms with Crippen molar-refractivity contribution in [2.45, 2.75) is 43.6 Å². The lowest BCUT2D eigenvalue weighted by Crippen LogP contribution is -2.36. The van der Waals surface area contributed by atoms with E-state index < -0.39 is 0 Å². The number of nitrogens with one attached hydrogen (secondary N) is 1. The van der Waals surface area contributed by atoms with E-state index in [0.717, 1.165) is 10.1 Å². The molecule has 1 heterocycles. The lowest BCUT2D eigenvalue weighted by molar-refractivity contribution is 0.174.